The van der Waals surface area contributed by atoms with Crippen LogP contribution in [-0.4, -0.2) is 28.2 Å². The fourth-order valence-electron chi connectivity index (χ4n) is 3.00. The summed E-state index contributed by atoms with van der Waals surface area (Å²) in [4.78, 5) is 38.9. The van der Waals surface area contributed by atoms with Gasteiger partial charge in [-0.15, -0.1) is 0 Å². The Morgan fingerprint density at radius 2 is 1.66 bits per heavy atom. The maximum absolute atomic E-state index is 13.1. The SMILES string of the molecule is CCCCCN1C(=O)C(Sc2ccc(Cl)cc2)=C(c2ccc([N+](=O)[O-])cc2)C1=O. The molecule has 0 radical (unpaired) electrons. The van der Waals surface area contributed by atoms with E-state index in [0.717, 1.165) is 24.2 Å². The molecular weight excluding hydrogens is 412 g/mol. The number of rotatable bonds is 8. The molecule has 0 saturated heterocycles. The summed E-state index contributed by atoms with van der Waals surface area (Å²) in [5.74, 6) is -0.698. The summed E-state index contributed by atoms with van der Waals surface area (Å²) in [5.41, 5.74) is 0.697. The molecule has 2 aromatic rings. The van der Waals surface area contributed by atoms with Crippen molar-refractivity contribution in [1.29, 1.82) is 0 Å². The molecule has 1 aliphatic heterocycles. The fourth-order valence-corrected chi connectivity index (χ4v) is 4.13. The van der Waals surface area contributed by atoms with Crippen molar-refractivity contribution in [3.05, 3.63) is 74.1 Å². The average Bonchev–Trinajstić information content (AvgIpc) is 2.94. The smallest absolute Gasteiger partial charge is 0.269 e. The number of nitro groups is 1. The molecule has 3 rings (SSSR count). The van der Waals surface area contributed by atoms with Crippen LogP contribution in [0, 0.1) is 10.1 Å². The molecule has 1 heterocycles. The molecule has 1 aliphatic rings. The lowest BCUT2D eigenvalue weighted by Gasteiger charge is -2.14. The van der Waals surface area contributed by atoms with Gasteiger partial charge in [0, 0.05) is 28.6 Å². The normalized spacial score (nSPS) is 14.1. The topological polar surface area (TPSA) is 80.5 Å². The highest BCUT2D eigenvalue weighted by atomic mass is 35.5. The Kier molecular flexibility index (Phi) is 6.71. The van der Waals surface area contributed by atoms with Crippen LogP contribution in [0.3, 0.4) is 0 Å². The van der Waals surface area contributed by atoms with Gasteiger partial charge in [-0.05, 0) is 48.4 Å². The predicted octanol–water partition coefficient (Wildman–Crippen LogP) is 5.31. The molecule has 0 aliphatic carbocycles. The van der Waals surface area contributed by atoms with Gasteiger partial charge in [0.25, 0.3) is 17.5 Å². The molecule has 0 N–H and O–H groups in total. The maximum Gasteiger partial charge on any atom is 0.269 e. The number of halogens is 1. The number of unbranched alkanes of at least 4 members (excludes halogenated alkanes) is 2. The number of hydrogen-bond donors (Lipinski definition) is 0. The second kappa shape index (κ2) is 9.24. The van der Waals surface area contributed by atoms with Crippen molar-refractivity contribution in [1.82, 2.24) is 4.90 Å². The predicted molar refractivity (Wildman–Crippen MR) is 114 cm³/mol. The number of nitro benzene ring substituents is 1. The number of non-ortho nitro benzene ring substituents is 1. The lowest BCUT2D eigenvalue weighted by molar-refractivity contribution is -0.384. The number of carbonyl (C=O) groups is 2. The Labute approximate surface area is 177 Å². The summed E-state index contributed by atoms with van der Waals surface area (Å²) >= 11 is 7.14. The summed E-state index contributed by atoms with van der Waals surface area (Å²) in [7, 11) is 0. The molecule has 0 fully saturated rings. The summed E-state index contributed by atoms with van der Waals surface area (Å²) < 4.78 is 0. The molecule has 0 spiro atoms. The first-order valence-electron chi connectivity index (χ1n) is 9.21. The van der Waals surface area contributed by atoms with E-state index in [0.29, 0.717) is 22.0 Å². The molecule has 6 nitrogen and oxygen atoms in total. The van der Waals surface area contributed by atoms with Gasteiger partial charge in [-0.2, -0.15) is 0 Å². The third kappa shape index (κ3) is 4.68. The van der Waals surface area contributed by atoms with Gasteiger partial charge in [-0.3, -0.25) is 24.6 Å². The van der Waals surface area contributed by atoms with Crippen LogP contribution in [0.4, 0.5) is 5.69 Å². The number of amides is 2. The van der Waals surface area contributed by atoms with E-state index in [1.807, 2.05) is 0 Å². The van der Waals surface area contributed by atoms with Gasteiger partial charge in [-0.25, -0.2) is 0 Å². The standard InChI is InChI=1S/C21H19ClN2O4S/c1-2-3-4-13-23-20(25)18(14-5-9-16(10-6-14)24(27)28)19(21(23)26)29-17-11-7-15(22)8-12-17/h5-12H,2-4,13H2,1H3. The number of carbonyl (C=O) groups excluding carboxylic acids is 2. The summed E-state index contributed by atoms with van der Waals surface area (Å²) in [6.07, 6.45) is 2.63. The molecule has 2 aromatic carbocycles. The van der Waals surface area contributed by atoms with E-state index in [1.165, 1.54) is 40.9 Å². The Bertz CT molecular complexity index is 971. The number of thioether (sulfide) groups is 1. The van der Waals surface area contributed by atoms with E-state index in [4.69, 9.17) is 11.6 Å². The van der Waals surface area contributed by atoms with Crippen molar-refractivity contribution in [2.45, 2.75) is 31.1 Å². The lowest BCUT2D eigenvalue weighted by Crippen LogP contribution is -2.32. The van der Waals surface area contributed by atoms with E-state index in [2.05, 4.69) is 6.92 Å². The monoisotopic (exact) mass is 430 g/mol. The van der Waals surface area contributed by atoms with E-state index < -0.39 is 4.92 Å². The first-order chi connectivity index (χ1) is 13.9. The van der Waals surface area contributed by atoms with Crippen LogP contribution in [0.15, 0.2) is 58.3 Å². The van der Waals surface area contributed by atoms with Crippen molar-refractivity contribution in [3.8, 4) is 0 Å². The quantitative estimate of drug-likeness (QED) is 0.245. The van der Waals surface area contributed by atoms with Crippen LogP contribution in [0.25, 0.3) is 5.57 Å². The van der Waals surface area contributed by atoms with Crippen LogP contribution >= 0.6 is 23.4 Å². The molecule has 0 unspecified atom stereocenters. The highest BCUT2D eigenvalue weighted by Gasteiger charge is 2.39. The van der Waals surface area contributed by atoms with Crippen molar-refractivity contribution in [3.63, 3.8) is 0 Å². The Morgan fingerprint density at radius 1 is 1.00 bits per heavy atom. The second-order valence-electron chi connectivity index (χ2n) is 6.53. The van der Waals surface area contributed by atoms with E-state index in [-0.39, 0.29) is 23.1 Å². The molecule has 8 heteroatoms. The van der Waals surface area contributed by atoms with Gasteiger partial charge in [0.1, 0.15) is 0 Å². The minimum absolute atomic E-state index is 0.0715. The van der Waals surface area contributed by atoms with Crippen LogP contribution in [0.1, 0.15) is 31.7 Å². The van der Waals surface area contributed by atoms with Gasteiger partial charge in [-0.1, -0.05) is 43.1 Å². The van der Waals surface area contributed by atoms with Gasteiger partial charge < -0.3 is 0 Å². The third-order valence-corrected chi connectivity index (χ3v) is 5.85. The molecule has 150 valence electrons. The zero-order chi connectivity index (χ0) is 21.0. The van der Waals surface area contributed by atoms with E-state index in [1.54, 1.807) is 24.3 Å². The number of imide groups is 1. The zero-order valence-electron chi connectivity index (χ0n) is 15.8. The largest absolute Gasteiger partial charge is 0.274 e. The molecule has 0 aromatic heterocycles. The Balaban J connectivity index is 1.99. The molecule has 0 bridgehead atoms. The Hall–Kier alpha value is -2.64. The number of nitrogens with zero attached hydrogens (tertiary/aromatic N) is 2. The average molecular weight is 431 g/mol. The highest BCUT2D eigenvalue weighted by Crippen LogP contribution is 2.40. The van der Waals surface area contributed by atoms with E-state index >= 15 is 0 Å². The van der Waals surface area contributed by atoms with Crippen LogP contribution < -0.4 is 0 Å². The van der Waals surface area contributed by atoms with Crippen molar-refractivity contribution < 1.29 is 14.5 Å². The maximum atomic E-state index is 13.1. The van der Waals surface area contributed by atoms with Gasteiger partial charge in [0.15, 0.2) is 0 Å². The van der Waals surface area contributed by atoms with Crippen molar-refractivity contribution >= 4 is 46.4 Å². The van der Waals surface area contributed by atoms with Crippen LogP contribution in [0.2, 0.25) is 5.02 Å². The molecule has 0 saturated carbocycles. The van der Waals surface area contributed by atoms with Crippen molar-refractivity contribution in [2.75, 3.05) is 6.54 Å². The zero-order valence-corrected chi connectivity index (χ0v) is 17.3. The first-order valence-corrected chi connectivity index (χ1v) is 10.4. The lowest BCUT2D eigenvalue weighted by atomic mass is 10.1. The molecule has 0 atom stereocenters. The third-order valence-electron chi connectivity index (χ3n) is 4.51. The number of hydrogen-bond acceptors (Lipinski definition) is 5. The van der Waals surface area contributed by atoms with Crippen molar-refractivity contribution in [2.24, 2.45) is 0 Å². The van der Waals surface area contributed by atoms with Crippen LogP contribution in [-0.2, 0) is 9.59 Å². The second-order valence-corrected chi connectivity index (χ2v) is 8.05. The van der Waals surface area contributed by atoms with Gasteiger partial charge >= 0.3 is 0 Å². The highest BCUT2D eigenvalue weighted by molar-refractivity contribution is 8.04. The Morgan fingerprint density at radius 3 is 2.24 bits per heavy atom. The summed E-state index contributed by atoms with van der Waals surface area (Å²) in [5, 5.41) is 11.5. The summed E-state index contributed by atoms with van der Waals surface area (Å²) in [6, 6.07) is 12.7. The summed E-state index contributed by atoms with van der Waals surface area (Å²) in [6.45, 7) is 2.41. The minimum atomic E-state index is -0.500. The number of benzene rings is 2. The minimum Gasteiger partial charge on any atom is -0.274 e. The molecule has 29 heavy (non-hydrogen) atoms. The molecular formula is C21H19ClN2O4S. The van der Waals surface area contributed by atoms with Crippen LogP contribution in [0.5, 0.6) is 0 Å². The fraction of sp³-hybridized carbons (Fsp3) is 0.238. The van der Waals surface area contributed by atoms with E-state index in [9.17, 15) is 19.7 Å². The van der Waals surface area contributed by atoms with Gasteiger partial charge in [0.05, 0.1) is 15.4 Å². The van der Waals surface area contributed by atoms with Gasteiger partial charge in [0.2, 0.25) is 0 Å². The first kappa shape index (κ1) is 21.1. The molecule has 2 amide bonds.